The number of likely N-dealkylation sites (tertiary alicyclic amines) is 1. The summed E-state index contributed by atoms with van der Waals surface area (Å²) < 4.78 is 26.2. The summed E-state index contributed by atoms with van der Waals surface area (Å²) in [5.74, 6) is 0.0249. The topological polar surface area (TPSA) is 123 Å². The van der Waals surface area contributed by atoms with Crippen molar-refractivity contribution in [1.82, 2.24) is 35.8 Å². The summed E-state index contributed by atoms with van der Waals surface area (Å²) in [7, 11) is 0. The van der Waals surface area contributed by atoms with E-state index < -0.39 is 23.1 Å². The lowest BCUT2D eigenvalue weighted by Gasteiger charge is -2.43. The summed E-state index contributed by atoms with van der Waals surface area (Å²) in [6, 6.07) is 20.0. The molecule has 1 saturated heterocycles. The van der Waals surface area contributed by atoms with Gasteiger partial charge in [0.15, 0.2) is 11.6 Å². The number of amides is 2. The van der Waals surface area contributed by atoms with Gasteiger partial charge in [0, 0.05) is 37.8 Å². The van der Waals surface area contributed by atoms with Crippen molar-refractivity contribution in [1.29, 1.82) is 0 Å². The molecular weight excluding hydrogens is 613 g/mol. The highest BCUT2D eigenvalue weighted by atomic mass is 19.1. The number of pyridine rings is 1. The number of ether oxygens (including phenoxy) is 2. The Morgan fingerprint density at radius 1 is 1.00 bits per heavy atom. The number of aromatic nitrogens is 3. The first-order valence-electron chi connectivity index (χ1n) is 16.3. The molecule has 11 nitrogen and oxygen atoms in total. The van der Waals surface area contributed by atoms with Crippen molar-refractivity contribution < 1.29 is 23.5 Å². The number of fused-ring (bicyclic) bond motifs is 3. The van der Waals surface area contributed by atoms with E-state index in [1.807, 2.05) is 58.0 Å². The highest BCUT2D eigenvalue weighted by molar-refractivity contribution is 5.79. The Kier molecular flexibility index (Phi) is 9.47. The minimum Gasteiger partial charge on any atom is -0.448 e. The SMILES string of the molecule is CC(NCC1(NNC(=O)OCC2c3ccccc3-c3ccccc32)CCN(C(=O)OC(C)(C)C)CC1)c1ccc(-n2cc(F)cn2)nc1. The van der Waals surface area contributed by atoms with Gasteiger partial charge in [-0.25, -0.2) is 29.1 Å². The molecule has 0 saturated carbocycles. The summed E-state index contributed by atoms with van der Waals surface area (Å²) in [5, 5.41) is 7.53. The first kappa shape index (κ1) is 33.1. The van der Waals surface area contributed by atoms with Gasteiger partial charge in [0.1, 0.15) is 12.2 Å². The van der Waals surface area contributed by atoms with Crippen LogP contribution in [0, 0.1) is 5.82 Å². The van der Waals surface area contributed by atoms with E-state index in [1.165, 1.54) is 10.9 Å². The van der Waals surface area contributed by atoms with Crippen LogP contribution in [0.5, 0.6) is 0 Å². The highest BCUT2D eigenvalue weighted by Gasteiger charge is 2.38. The number of benzene rings is 2. The smallest absolute Gasteiger partial charge is 0.421 e. The average Bonchev–Trinajstić information content (AvgIpc) is 3.66. The molecule has 6 rings (SSSR count). The van der Waals surface area contributed by atoms with Crippen LogP contribution >= 0.6 is 0 Å². The zero-order valence-electron chi connectivity index (χ0n) is 27.7. The summed E-state index contributed by atoms with van der Waals surface area (Å²) in [6.45, 7) is 9.13. The molecule has 48 heavy (non-hydrogen) atoms. The molecule has 0 radical (unpaired) electrons. The molecule has 3 N–H and O–H groups in total. The molecule has 2 aliphatic rings. The Hall–Kier alpha value is -4.81. The lowest BCUT2D eigenvalue weighted by atomic mass is 9.87. The van der Waals surface area contributed by atoms with Crippen LogP contribution in [0.3, 0.4) is 0 Å². The van der Waals surface area contributed by atoms with Crippen LogP contribution in [0.15, 0.2) is 79.3 Å². The second kappa shape index (κ2) is 13.7. The molecule has 2 aromatic heterocycles. The fourth-order valence-electron chi connectivity index (χ4n) is 6.29. The molecule has 3 heterocycles. The van der Waals surface area contributed by atoms with Crippen molar-refractivity contribution in [2.45, 2.75) is 63.6 Å². The van der Waals surface area contributed by atoms with Crippen LogP contribution in [-0.2, 0) is 9.47 Å². The first-order chi connectivity index (χ1) is 23.0. The number of carbonyl (C=O) groups excluding carboxylic acids is 2. The second-order valence-electron chi connectivity index (χ2n) is 13.5. The van der Waals surface area contributed by atoms with Crippen molar-refractivity contribution in [3.8, 4) is 16.9 Å². The van der Waals surface area contributed by atoms with Crippen molar-refractivity contribution in [3.63, 3.8) is 0 Å². The predicted octanol–water partition coefficient (Wildman–Crippen LogP) is 5.87. The van der Waals surface area contributed by atoms with Crippen molar-refractivity contribution in [3.05, 3.63) is 102 Å². The van der Waals surface area contributed by atoms with Crippen LogP contribution < -0.4 is 16.2 Å². The van der Waals surface area contributed by atoms with Gasteiger partial charge in [0.05, 0.1) is 17.9 Å². The van der Waals surface area contributed by atoms with E-state index in [-0.39, 0.29) is 24.7 Å². The zero-order valence-corrected chi connectivity index (χ0v) is 27.7. The minimum absolute atomic E-state index is 0.0518. The van der Waals surface area contributed by atoms with Gasteiger partial charge in [-0.2, -0.15) is 5.10 Å². The number of hydrogen-bond donors (Lipinski definition) is 3. The molecule has 1 aliphatic carbocycles. The molecule has 252 valence electrons. The Labute approximate surface area is 279 Å². The van der Waals surface area contributed by atoms with Crippen molar-refractivity contribution in [2.75, 3.05) is 26.2 Å². The number of carbonyl (C=O) groups is 2. The van der Waals surface area contributed by atoms with Crippen LogP contribution in [0.1, 0.15) is 69.2 Å². The van der Waals surface area contributed by atoms with Crippen LogP contribution in [0.25, 0.3) is 16.9 Å². The van der Waals surface area contributed by atoms with E-state index in [9.17, 15) is 14.0 Å². The standard InChI is InChI=1S/C36H42FN7O4/c1-24(25-13-14-32(38-19-25)44-21-26(37)20-40-44)39-23-36(15-17-43(18-16-36)34(46)48-35(2,3)4)42-41-33(45)47-22-31-29-11-7-5-9-27(29)28-10-6-8-12-30(28)31/h5-14,19-21,24,31,39,42H,15-18,22-23H2,1-4H3,(H,41,45). The second-order valence-corrected chi connectivity index (χ2v) is 13.5. The number of halogens is 1. The van der Waals surface area contributed by atoms with E-state index in [1.54, 1.807) is 17.2 Å². The number of hydrogen-bond acceptors (Lipinski definition) is 8. The Balaban J connectivity index is 1.09. The minimum atomic E-state index is -0.596. The largest absolute Gasteiger partial charge is 0.448 e. The maximum atomic E-state index is 13.4. The van der Waals surface area contributed by atoms with Crippen LogP contribution in [-0.4, -0.2) is 69.2 Å². The average molecular weight is 656 g/mol. The molecule has 1 unspecified atom stereocenters. The Morgan fingerprint density at radius 2 is 1.67 bits per heavy atom. The third-order valence-corrected chi connectivity index (χ3v) is 8.95. The van der Waals surface area contributed by atoms with Gasteiger partial charge in [-0.3, -0.25) is 5.43 Å². The third-order valence-electron chi connectivity index (χ3n) is 8.95. The van der Waals surface area contributed by atoms with E-state index in [0.29, 0.717) is 38.3 Å². The fraction of sp³-hybridized carbons (Fsp3) is 0.389. The quantitative estimate of drug-likeness (QED) is 0.192. The molecule has 1 fully saturated rings. The Bertz CT molecular complexity index is 1700. The first-order valence-corrected chi connectivity index (χ1v) is 16.3. The van der Waals surface area contributed by atoms with Crippen LogP contribution in [0.4, 0.5) is 14.0 Å². The third kappa shape index (κ3) is 7.50. The predicted molar refractivity (Wildman–Crippen MR) is 179 cm³/mol. The van der Waals surface area contributed by atoms with Crippen molar-refractivity contribution in [2.24, 2.45) is 0 Å². The number of hydrazine groups is 1. The maximum absolute atomic E-state index is 13.4. The normalized spacial score (nSPS) is 16.1. The summed E-state index contributed by atoms with van der Waals surface area (Å²) in [4.78, 5) is 32.1. The number of nitrogens with one attached hydrogen (secondary N) is 3. The molecule has 4 aromatic rings. The molecule has 2 aromatic carbocycles. The number of nitrogens with zero attached hydrogens (tertiary/aromatic N) is 4. The van der Waals surface area contributed by atoms with Gasteiger partial charge in [-0.05, 0) is 74.4 Å². The van der Waals surface area contributed by atoms with E-state index in [0.717, 1.165) is 34.0 Å². The Morgan fingerprint density at radius 3 is 2.25 bits per heavy atom. The van der Waals surface area contributed by atoms with E-state index in [4.69, 9.17) is 9.47 Å². The van der Waals surface area contributed by atoms with Gasteiger partial charge < -0.3 is 19.7 Å². The van der Waals surface area contributed by atoms with Gasteiger partial charge in [-0.15, -0.1) is 0 Å². The van der Waals surface area contributed by atoms with Crippen LogP contribution in [0.2, 0.25) is 0 Å². The van der Waals surface area contributed by atoms with Gasteiger partial charge in [-0.1, -0.05) is 54.6 Å². The lowest BCUT2D eigenvalue weighted by molar-refractivity contribution is 0.0131. The van der Waals surface area contributed by atoms with E-state index in [2.05, 4.69) is 50.5 Å². The highest BCUT2D eigenvalue weighted by Crippen LogP contribution is 2.44. The molecule has 0 spiro atoms. The zero-order chi connectivity index (χ0) is 33.9. The summed E-state index contributed by atoms with van der Waals surface area (Å²) in [6.07, 6.45) is 4.31. The van der Waals surface area contributed by atoms with Gasteiger partial charge in [0.2, 0.25) is 0 Å². The van der Waals surface area contributed by atoms with Gasteiger partial charge in [0.25, 0.3) is 0 Å². The van der Waals surface area contributed by atoms with Gasteiger partial charge >= 0.3 is 12.2 Å². The van der Waals surface area contributed by atoms with Crippen molar-refractivity contribution >= 4 is 12.2 Å². The number of piperidine rings is 1. The maximum Gasteiger partial charge on any atom is 0.421 e. The van der Waals surface area contributed by atoms with E-state index >= 15 is 0 Å². The lowest BCUT2D eigenvalue weighted by Crippen LogP contribution is -2.64. The molecule has 0 bridgehead atoms. The molecule has 1 atom stereocenters. The number of rotatable bonds is 9. The molecular formula is C36H42FN7O4. The molecule has 1 aliphatic heterocycles. The summed E-state index contributed by atoms with van der Waals surface area (Å²) >= 11 is 0. The fourth-order valence-corrected chi connectivity index (χ4v) is 6.29. The molecule has 2 amide bonds. The summed E-state index contributed by atoms with van der Waals surface area (Å²) in [5.41, 5.74) is 10.4. The molecule has 12 heteroatoms. The monoisotopic (exact) mass is 655 g/mol.